The summed E-state index contributed by atoms with van der Waals surface area (Å²) in [5.74, 6) is 4.66. The maximum atomic E-state index is 5.61. The second-order valence-corrected chi connectivity index (χ2v) is 7.15. The second kappa shape index (κ2) is 6.54. The van der Waals surface area contributed by atoms with Crippen LogP contribution in [0.15, 0.2) is 33.7 Å². The predicted octanol–water partition coefficient (Wildman–Crippen LogP) is 2.93. The minimum Gasteiger partial charge on any atom is -0.444 e. The van der Waals surface area contributed by atoms with Crippen molar-refractivity contribution in [3.63, 3.8) is 0 Å². The average Bonchev–Trinajstić information content (AvgIpc) is 3.25. The molecule has 1 heterocycles. The number of aromatic nitrogens is 1. The zero-order valence-electron chi connectivity index (χ0n) is 15.2. The first-order valence-electron chi connectivity index (χ1n) is 9.12. The number of benzene rings is 1. The highest BCUT2D eigenvalue weighted by atomic mass is 16.4. The van der Waals surface area contributed by atoms with E-state index < -0.39 is 0 Å². The van der Waals surface area contributed by atoms with E-state index in [1.165, 1.54) is 12.8 Å². The molecule has 1 saturated carbocycles. The molecule has 2 aliphatic rings. The van der Waals surface area contributed by atoms with Gasteiger partial charge < -0.3 is 15.1 Å². The Labute approximate surface area is 149 Å². The van der Waals surface area contributed by atoms with Gasteiger partial charge in [0.25, 0.3) is 0 Å². The first-order valence-corrected chi connectivity index (χ1v) is 9.12. The summed E-state index contributed by atoms with van der Waals surface area (Å²) in [5, 5.41) is 6.77. The quantitative estimate of drug-likeness (QED) is 0.665. The van der Waals surface area contributed by atoms with E-state index in [2.05, 4.69) is 44.9 Å². The van der Waals surface area contributed by atoms with Crippen LogP contribution in [0.25, 0.3) is 0 Å². The smallest absolute Gasteiger partial charge is 0.214 e. The Hall–Kier alpha value is -2.30. The molecule has 0 saturated heterocycles. The van der Waals surface area contributed by atoms with Gasteiger partial charge in [0.1, 0.15) is 5.76 Å². The Bertz CT molecular complexity index is 775. The molecule has 1 fully saturated rings. The molecule has 0 radical (unpaired) electrons. The third kappa shape index (κ3) is 3.15. The summed E-state index contributed by atoms with van der Waals surface area (Å²) >= 11 is 0. The van der Waals surface area contributed by atoms with Crippen molar-refractivity contribution < 1.29 is 4.42 Å². The molecule has 0 aliphatic heterocycles. The summed E-state index contributed by atoms with van der Waals surface area (Å²) in [6.07, 6.45) is 2.54. The number of guanidine groups is 1. The van der Waals surface area contributed by atoms with E-state index in [9.17, 15) is 0 Å². The van der Waals surface area contributed by atoms with Crippen LogP contribution in [0.2, 0.25) is 0 Å². The number of rotatable bonds is 4. The molecule has 3 atom stereocenters. The monoisotopic (exact) mass is 338 g/mol. The van der Waals surface area contributed by atoms with Gasteiger partial charge in [-0.05, 0) is 55.6 Å². The van der Waals surface area contributed by atoms with Crippen molar-refractivity contribution in [1.29, 1.82) is 0 Å². The number of nitrogens with zero attached hydrogens (tertiary/aromatic N) is 2. The van der Waals surface area contributed by atoms with E-state index in [1.807, 2.05) is 13.8 Å². The van der Waals surface area contributed by atoms with Crippen molar-refractivity contribution >= 4 is 5.96 Å². The molecule has 0 amide bonds. The van der Waals surface area contributed by atoms with Crippen molar-refractivity contribution in [2.45, 2.75) is 39.2 Å². The molecule has 25 heavy (non-hydrogen) atoms. The largest absolute Gasteiger partial charge is 0.444 e. The van der Waals surface area contributed by atoms with Crippen LogP contribution in [-0.4, -0.2) is 24.5 Å². The first kappa shape index (κ1) is 16.2. The van der Waals surface area contributed by atoms with Gasteiger partial charge in [0, 0.05) is 13.6 Å². The molecular weight excluding hydrogens is 312 g/mol. The zero-order valence-corrected chi connectivity index (χ0v) is 15.2. The van der Waals surface area contributed by atoms with Crippen molar-refractivity contribution in [2.24, 2.45) is 16.8 Å². The standard InChI is InChI=1S/C20H26N4O/c1-12-13(2)25-18(24-12)11-23-20(21-3)22-10-17-16-9-8-14-6-4-5-7-15(14)19(16)17/h4-7,16-17,19H,8-11H2,1-3H3,(H2,21,22,23). The van der Waals surface area contributed by atoms with E-state index in [0.29, 0.717) is 18.4 Å². The normalized spacial score (nSPS) is 24.4. The lowest BCUT2D eigenvalue weighted by Crippen LogP contribution is -2.38. The van der Waals surface area contributed by atoms with Gasteiger partial charge >= 0.3 is 0 Å². The minimum absolute atomic E-state index is 0.550. The summed E-state index contributed by atoms with van der Waals surface area (Å²) in [5.41, 5.74) is 4.06. The first-order chi connectivity index (χ1) is 12.2. The average molecular weight is 338 g/mol. The molecule has 2 aliphatic carbocycles. The number of hydrogen-bond acceptors (Lipinski definition) is 3. The van der Waals surface area contributed by atoms with Gasteiger partial charge in [-0.15, -0.1) is 0 Å². The van der Waals surface area contributed by atoms with Gasteiger partial charge in [-0.1, -0.05) is 24.3 Å². The fraction of sp³-hybridized carbons (Fsp3) is 0.500. The Morgan fingerprint density at radius 1 is 1.28 bits per heavy atom. The molecule has 0 spiro atoms. The van der Waals surface area contributed by atoms with Gasteiger partial charge in [0.15, 0.2) is 5.96 Å². The second-order valence-electron chi connectivity index (χ2n) is 7.15. The number of aliphatic imine (C=N–C) groups is 1. The van der Waals surface area contributed by atoms with Crippen LogP contribution in [0.3, 0.4) is 0 Å². The Morgan fingerprint density at radius 3 is 2.88 bits per heavy atom. The van der Waals surface area contributed by atoms with Gasteiger partial charge in [-0.25, -0.2) is 4.98 Å². The van der Waals surface area contributed by atoms with Crippen molar-refractivity contribution in [1.82, 2.24) is 15.6 Å². The molecule has 1 aromatic carbocycles. The zero-order chi connectivity index (χ0) is 17.4. The highest BCUT2D eigenvalue weighted by Gasteiger charge is 2.52. The molecule has 2 aromatic rings. The molecule has 5 heteroatoms. The molecule has 5 nitrogen and oxygen atoms in total. The fourth-order valence-electron chi connectivity index (χ4n) is 4.20. The van der Waals surface area contributed by atoms with Crippen LogP contribution in [0.1, 0.15) is 40.8 Å². The number of aryl methyl sites for hydroxylation is 3. The van der Waals surface area contributed by atoms with E-state index in [0.717, 1.165) is 35.8 Å². The molecule has 3 unspecified atom stereocenters. The highest BCUT2D eigenvalue weighted by molar-refractivity contribution is 5.79. The van der Waals surface area contributed by atoms with Crippen LogP contribution in [0.5, 0.6) is 0 Å². The molecular formula is C20H26N4O. The lowest BCUT2D eigenvalue weighted by atomic mass is 9.92. The van der Waals surface area contributed by atoms with E-state index in [4.69, 9.17) is 4.42 Å². The summed E-state index contributed by atoms with van der Waals surface area (Å²) in [6, 6.07) is 8.93. The van der Waals surface area contributed by atoms with Crippen LogP contribution in [0.4, 0.5) is 0 Å². The summed E-state index contributed by atoms with van der Waals surface area (Å²) in [6.45, 7) is 5.41. The van der Waals surface area contributed by atoms with E-state index in [1.54, 1.807) is 18.2 Å². The lowest BCUT2D eigenvalue weighted by molar-refractivity contribution is 0.463. The lowest BCUT2D eigenvalue weighted by Gasteiger charge is -2.13. The number of oxazole rings is 1. The summed E-state index contributed by atoms with van der Waals surface area (Å²) in [4.78, 5) is 8.71. The number of hydrogen-bond donors (Lipinski definition) is 2. The van der Waals surface area contributed by atoms with Crippen molar-refractivity contribution in [2.75, 3.05) is 13.6 Å². The molecule has 0 bridgehead atoms. The van der Waals surface area contributed by atoms with Crippen molar-refractivity contribution in [3.05, 3.63) is 52.7 Å². The maximum Gasteiger partial charge on any atom is 0.214 e. The Kier molecular flexibility index (Phi) is 4.24. The van der Waals surface area contributed by atoms with Gasteiger partial charge in [0.05, 0.1) is 12.2 Å². The van der Waals surface area contributed by atoms with Gasteiger partial charge in [0.2, 0.25) is 5.89 Å². The fourth-order valence-corrected chi connectivity index (χ4v) is 4.20. The van der Waals surface area contributed by atoms with Crippen LogP contribution in [0, 0.1) is 25.7 Å². The van der Waals surface area contributed by atoms with Crippen molar-refractivity contribution in [3.8, 4) is 0 Å². The third-order valence-corrected chi connectivity index (χ3v) is 5.70. The van der Waals surface area contributed by atoms with Crippen LogP contribution >= 0.6 is 0 Å². The molecule has 1 aromatic heterocycles. The van der Waals surface area contributed by atoms with Crippen LogP contribution < -0.4 is 10.6 Å². The highest BCUT2D eigenvalue weighted by Crippen LogP contribution is 2.59. The van der Waals surface area contributed by atoms with Gasteiger partial charge in [-0.3, -0.25) is 4.99 Å². The molecule has 2 N–H and O–H groups in total. The summed E-state index contributed by atoms with van der Waals surface area (Å²) in [7, 11) is 1.80. The van der Waals surface area contributed by atoms with E-state index >= 15 is 0 Å². The maximum absolute atomic E-state index is 5.61. The van der Waals surface area contributed by atoms with Gasteiger partial charge in [-0.2, -0.15) is 0 Å². The molecule has 132 valence electrons. The van der Waals surface area contributed by atoms with Crippen LogP contribution in [-0.2, 0) is 13.0 Å². The molecule has 4 rings (SSSR count). The third-order valence-electron chi connectivity index (χ3n) is 5.70. The Balaban J connectivity index is 1.31. The SMILES string of the molecule is CN=C(NCc1nc(C)c(C)o1)NCC1C2CCc3ccccc3C21. The predicted molar refractivity (Wildman–Crippen MR) is 98.7 cm³/mol. The Morgan fingerprint density at radius 2 is 2.12 bits per heavy atom. The summed E-state index contributed by atoms with van der Waals surface area (Å²) < 4.78 is 5.61. The van der Waals surface area contributed by atoms with E-state index in [-0.39, 0.29) is 0 Å². The topological polar surface area (TPSA) is 62.5 Å². The minimum atomic E-state index is 0.550. The number of fused-ring (bicyclic) bond motifs is 3. The number of nitrogens with one attached hydrogen (secondary N) is 2.